The Balaban J connectivity index is 1.65. The Kier molecular flexibility index (Phi) is 6.76. The lowest BCUT2D eigenvalue weighted by atomic mass is 10.0. The van der Waals surface area contributed by atoms with Crippen LogP contribution in [-0.4, -0.2) is 34.8 Å². The number of nitrogens with zero attached hydrogens (tertiary/aromatic N) is 2. The molecule has 1 heterocycles. The summed E-state index contributed by atoms with van der Waals surface area (Å²) in [5, 5.41) is 0. The second-order valence-corrected chi connectivity index (χ2v) is 8.71. The average Bonchev–Trinajstić information content (AvgIpc) is 3.25. The van der Waals surface area contributed by atoms with Crippen molar-refractivity contribution in [2.45, 2.75) is 46.0 Å². The highest BCUT2D eigenvalue weighted by Gasteiger charge is 2.32. The number of carbonyl (C=O) groups excluding carboxylic acids is 1. The molecule has 0 N–H and O–H groups in total. The standard InChI is InChI=1S/C21H28N2OS2/c1-3-22(4-2)18-11-9-17(10-12-18)15-19-20(24)23(21(25)26-19)14-13-16-7-5-6-8-16/h9-12,15-16H,3-8,13-14H2,1-2H3/b19-15-. The molecule has 3 nitrogen and oxygen atoms in total. The number of hydrogen-bond donors (Lipinski definition) is 0. The van der Waals surface area contributed by atoms with Crippen molar-refractivity contribution in [3.8, 4) is 0 Å². The lowest BCUT2D eigenvalue weighted by molar-refractivity contribution is -0.122. The van der Waals surface area contributed by atoms with E-state index in [1.807, 2.05) is 6.08 Å². The van der Waals surface area contributed by atoms with Crippen LogP contribution in [0.3, 0.4) is 0 Å². The molecule has 140 valence electrons. The highest BCUT2D eigenvalue weighted by Crippen LogP contribution is 2.34. The first kappa shape index (κ1) is 19.4. The normalized spacial score (nSPS) is 19.8. The topological polar surface area (TPSA) is 23.6 Å². The van der Waals surface area contributed by atoms with Crippen molar-refractivity contribution >= 4 is 46.0 Å². The number of anilines is 1. The maximum atomic E-state index is 12.7. The molecule has 2 aliphatic rings. The van der Waals surface area contributed by atoms with Gasteiger partial charge in [-0.1, -0.05) is 61.8 Å². The third kappa shape index (κ3) is 4.49. The van der Waals surface area contributed by atoms with E-state index in [9.17, 15) is 4.79 Å². The van der Waals surface area contributed by atoms with Crippen LogP contribution in [0.1, 0.15) is 51.5 Å². The molecule has 5 heteroatoms. The van der Waals surface area contributed by atoms with Crippen molar-refractivity contribution in [3.63, 3.8) is 0 Å². The van der Waals surface area contributed by atoms with Gasteiger partial charge in [0.15, 0.2) is 0 Å². The fraction of sp³-hybridized carbons (Fsp3) is 0.524. The number of benzene rings is 1. The minimum absolute atomic E-state index is 0.0748. The third-order valence-electron chi connectivity index (χ3n) is 5.43. The Morgan fingerprint density at radius 1 is 1.19 bits per heavy atom. The molecule has 0 unspecified atom stereocenters. The molecule has 2 fully saturated rings. The van der Waals surface area contributed by atoms with Crippen LogP contribution in [-0.2, 0) is 4.79 Å². The third-order valence-corrected chi connectivity index (χ3v) is 6.81. The molecule has 1 amide bonds. The smallest absolute Gasteiger partial charge is 0.266 e. The van der Waals surface area contributed by atoms with Crippen molar-refractivity contribution in [1.29, 1.82) is 0 Å². The van der Waals surface area contributed by atoms with Crippen molar-refractivity contribution in [2.24, 2.45) is 5.92 Å². The Bertz CT molecular complexity index is 674. The van der Waals surface area contributed by atoms with Crippen LogP contribution in [0.4, 0.5) is 5.69 Å². The SMILES string of the molecule is CCN(CC)c1ccc(/C=C2\SC(=S)N(CCC3CCCC3)C2=O)cc1. The zero-order chi connectivity index (χ0) is 18.5. The Hall–Kier alpha value is -1.33. The Morgan fingerprint density at radius 2 is 1.85 bits per heavy atom. The summed E-state index contributed by atoms with van der Waals surface area (Å²) in [6.45, 7) is 7.08. The Labute approximate surface area is 166 Å². The minimum atomic E-state index is 0.0748. The number of amides is 1. The quantitative estimate of drug-likeness (QED) is 0.466. The molecule has 1 aromatic rings. The number of thioether (sulfide) groups is 1. The van der Waals surface area contributed by atoms with Crippen molar-refractivity contribution in [1.82, 2.24) is 4.90 Å². The van der Waals surface area contributed by atoms with E-state index in [1.165, 1.54) is 43.1 Å². The van der Waals surface area contributed by atoms with Crippen LogP contribution in [0.25, 0.3) is 6.08 Å². The van der Waals surface area contributed by atoms with E-state index in [4.69, 9.17) is 12.2 Å². The summed E-state index contributed by atoms with van der Waals surface area (Å²) in [5.41, 5.74) is 2.27. The van der Waals surface area contributed by atoms with E-state index >= 15 is 0 Å². The number of hydrogen-bond acceptors (Lipinski definition) is 4. The molecule has 1 aromatic carbocycles. The van der Waals surface area contributed by atoms with E-state index in [0.717, 1.165) is 42.4 Å². The van der Waals surface area contributed by atoms with Crippen LogP contribution in [0.2, 0.25) is 0 Å². The highest BCUT2D eigenvalue weighted by atomic mass is 32.2. The summed E-state index contributed by atoms with van der Waals surface area (Å²) in [7, 11) is 0. The number of carbonyl (C=O) groups is 1. The number of rotatable bonds is 7. The summed E-state index contributed by atoms with van der Waals surface area (Å²) < 4.78 is 0.707. The summed E-state index contributed by atoms with van der Waals surface area (Å²) in [6.07, 6.45) is 8.35. The molecule has 0 bridgehead atoms. The summed E-state index contributed by atoms with van der Waals surface area (Å²) >= 11 is 6.90. The molecule has 26 heavy (non-hydrogen) atoms. The van der Waals surface area contributed by atoms with Crippen LogP contribution < -0.4 is 4.90 Å². The molecule has 3 rings (SSSR count). The van der Waals surface area contributed by atoms with Crippen LogP contribution >= 0.6 is 24.0 Å². The van der Waals surface area contributed by atoms with Gasteiger partial charge in [0, 0.05) is 25.3 Å². The first-order chi connectivity index (χ1) is 12.6. The van der Waals surface area contributed by atoms with Gasteiger partial charge in [0.1, 0.15) is 4.32 Å². The first-order valence-corrected chi connectivity index (χ1v) is 10.9. The average molecular weight is 389 g/mol. The van der Waals surface area contributed by atoms with Gasteiger partial charge < -0.3 is 4.90 Å². The summed E-state index contributed by atoms with van der Waals surface area (Å²) in [5.74, 6) is 0.849. The second-order valence-electron chi connectivity index (χ2n) is 7.04. The first-order valence-electron chi connectivity index (χ1n) is 9.72. The molecule has 0 radical (unpaired) electrons. The van der Waals surface area contributed by atoms with E-state index in [1.54, 1.807) is 4.90 Å². The van der Waals surface area contributed by atoms with Gasteiger partial charge in [-0.05, 0) is 50.0 Å². The van der Waals surface area contributed by atoms with Crippen molar-refractivity contribution in [2.75, 3.05) is 24.5 Å². The lowest BCUT2D eigenvalue weighted by Crippen LogP contribution is -2.30. The fourth-order valence-electron chi connectivity index (χ4n) is 3.82. The molecule has 1 saturated carbocycles. The van der Waals surface area contributed by atoms with Gasteiger partial charge >= 0.3 is 0 Å². The monoisotopic (exact) mass is 388 g/mol. The maximum absolute atomic E-state index is 12.7. The van der Waals surface area contributed by atoms with Crippen LogP contribution in [0, 0.1) is 5.92 Å². The van der Waals surface area contributed by atoms with E-state index < -0.39 is 0 Å². The highest BCUT2D eigenvalue weighted by molar-refractivity contribution is 8.26. The van der Waals surface area contributed by atoms with E-state index in [0.29, 0.717) is 4.32 Å². The lowest BCUT2D eigenvalue weighted by Gasteiger charge is -2.20. The second kappa shape index (κ2) is 9.05. The molecular weight excluding hydrogens is 360 g/mol. The van der Waals surface area contributed by atoms with E-state index in [-0.39, 0.29) is 5.91 Å². The molecule has 1 aliphatic heterocycles. The van der Waals surface area contributed by atoms with Gasteiger partial charge in [0.2, 0.25) is 0 Å². The van der Waals surface area contributed by atoms with Gasteiger partial charge in [-0.15, -0.1) is 0 Å². The predicted molar refractivity (Wildman–Crippen MR) is 116 cm³/mol. The minimum Gasteiger partial charge on any atom is -0.372 e. The summed E-state index contributed by atoms with van der Waals surface area (Å²) in [6, 6.07) is 8.41. The zero-order valence-corrected chi connectivity index (χ0v) is 17.4. The Morgan fingerprint density at radius 3 is 2.46 bits per heavy atom. The van der Waals surface area contributed by atoms with Crippen molar-refractivity contribution < 1.29 is 4.79 Å². The number of thiocarbonyl (C=S) groups is 1. The predicted octanol–water partition coefficient (Wildman–Crippen LogP) is 5.31. The van der Waals surface area contributed by atoms with Gasteiger partial charge in [-0.25, -0.2) is 0 Å². The van der Waals surface area contributed by atoms with E-state index in [2.05, 4.69) is 43.0 Å². The van der Waals surface area contributed by atoms with Gasteiger partial charge in [0.25, 0.3) is 5.91 Å². The van der Waals surface area contributed by atoms with Crippen LogP contribution in [0.15, 0.2) is 29.2 Å². The fourth-order valence-corrected chi connectivity index (χ4v) is 5.13. The zero-order valence-electron chi connectivity index (χ0n) is 15.7. The molecule has 0 spiro atoms. The summed E-state index contributed by atoms with van der Waals surface area (Å²) in [4.78, 5) is 17.6. The molecule has 1 saturated heterocycles. The molecular formula is C21H28N2OS2. The van der Waals surface area contributed by atoms with Crippen LogP contribution in [0.5, 0.6) is 0 Å². The van der Waals surface area contributed by atoms with Crippen molar-refractivity contribution in [3.05, 3.63) is 34.7 Å². The molecule has 1 aliphatic carbocycles. The maximum Gasteiger partial charge on any atom is 0.266 e. The largest absolute Gasteiger partial charge is 0.372 e. The van der Waals surface area contributed by atoms with Gasteiger partial charge in [-0.2, -0.15) is 0 Å². The molecule has 0 atom stereocenters. The van der Waals surface area contributed by atoms with Gasteiger partial charge in [-0.3, -0.25) is 9.69 Å². The van der Waals surface area contributed by atoms with Gasteiger partial charge in [0.05, 0.1) is 4.91 Å². The molecule has 0 aromatic heterocycles.